The molecule has 1 aliphatic rings. The van der Waals surface area contributed by atoms with Gasteiger partial charge in [-0.2, -0.15) is 13.2 Å². The van der Waals surface area contributed by atoms with Crippen LogP contribution in [0.5, 0.6) is 0 Å². The van der Waals surface area contributed by atoms with Gasteiger partial charge in [-0.15, -0.1) is 11.3 Å². The molecular formula is C18H31F3N6S. The van der Waals surface area contributed by atoms with Crippen molar-refractivity contribution < 1.29 is 13.2 Å². The van der Waals surface area contributed by atoms with Gasteiger partial charge in [-0.05, 0) is 25.9 Å². The molecule has 2 N–H and O–H groups in total. The number of aromatic nitrogens is 1. The number of nitrogens with one attached hydrogen (secondary N) is 2. The quantitative estimate of drug-likeness (QED) is 0.365. The molecule has 0 bridgehead atoms. The molecule has 1 aromatic rings. The summed E-state index contributed by atoms with van der Waals surface area (Å²) in [6.45, 7) is 10.4. The molecule has 1 fully saturated rings. The number of nitrogens with zero attached hydrogens (tertiary/aromatic N) is 4. The van der Waals surface area contributed by atoms with Gasteiger partial charge in [0.1, 0.15) is 0 Å². The Morgan fingerprint density at radius 3 is 2.43 bits per heavy atom. The molecule has 0 spiro atoms. The Morgan fingerprint density at radius 1 is 1.14 bits per heavy atom. The van der Waals surface area contributed by atoms with Gasteiger partial charge in [-0.25, -0.2) is 4.98 Å². The second-order valence-electron chi connectivity index (χ2n) is 6.78. The molecule has 28 heavy (non-hydrogen) atoms. The van der Waals surface area contributed by atoms with Crippen LogP contribution in [0.2, 0.25) is 0 Å². The van der Waals surface area contributed by atoms with Gasteiger partial charge < -0.3 is 20.4 Å². The number of hydrogen-bond donors (Lipinski definition) is 2. The lowest BCUT2D eigenvalue weighted by Gasteiger charge is -2.34. The number of aliphatic imine (C=N–C) groups is 1. The van der Waals surface area contributed by atoms with Crippen molar-refractivity contribution >= 4 is 17.3 Å². The van der Waals surface area contributed by atoms with Crippen LogP contribution in [0.15, 0.2) is 10.4 Å². The Bertz CT molecular complexity index is 596. The van der Waals surface area contributed by atoms with Crippen molar-refractivity contribution in [1.82, 2.24) is 25.4 Å². The lowest BCUT2D eigenvalue weighted by molar-refractivity contribution is -0.140. The molecule has 10 heteroatoms. The average molecular weight is 421 g/mol. The van der Waals surface area contributed by atoms with Crippen molar-refractivity contribution in [3.05, 3.63) is 16.1 Å². The Morgan fingerprint density at radius 2 is 1.82 bits per heavy atom. The van der Waals surface area contributed by atoms with Crippen LogP contribution in [0.1, 0.15) is 30.5 Å². The highest BCUT2D eigenvalue weighted by Gasteiger charge is 2.33. The highest BCUT2D eigenvalue weighted by atomic mass is 32.1. The van der Waals surface area contributed by atoms with Crippen molar-refractivity contribution in [1.29, 1.82) is 0 Å². The summed E-state index contributed by atoms with van der Waals surface area (Å²) in [6.07, 6.45) is -1.75. The molecule has 2 rings (SSSR count). The van der Waals surface area contributed by atoms with E-state index in [1.54, 1.807) is 7.05 Å². The van der Waals surface area contributed by atoms with E-state index in [4.69, 9.17) is 0 Å². The summed E-state index contributed by atoms with van der Waals surface area (Å²) in [7, 11) is 1.69. The first-order valence-corrected chi connectivity index (χ1v) is 10.7. The first-order valence-electron chi connectivity index (χ1n) is 9.83. The van der Waals surface area contributed by atoms with Gasteiger partial charge in [0, 0.05) is 58.1 Å². The fourth-order valence-electron chi connectivity index (χ4n) is 3.06. The van der Waals surface area contributed by atoms with Crippen molar-refractivity contribution in [2.24, 2.45) is 4.99 Å². The van der Waals surface area contributed by atoms with Crippen LogP contribution in [0.4, 0.5) is 13.2 Å². The SMILES string of the molecule is CCN1CCN(CCCCNC(=NC)NCCc2nc(C(F)(F)F)cs2)CC1. The van der Waals surface area contributed by atoms with Gasteiger partial charge in [0.05, 0.1) is 5.01 Å². The molecule has 0 aliphatic carbocycles. The molecule has 2 heterocycles. The van der Waals surface area contributed by atoms with Crippen molar-refractivity contribution in [2.45, 2.75) is 32.4 Å². The Kier molecular flexibility index (Phi) is 9.46. The number of rotatable bonds is 9. The van der Waals surface area contributed by atoms with Crippen molar-refractivity contribution in [3.63, 3.8) is 0 Å². The summed E-state index contributed by atoms with van der Waals surface area (Å²) in [6, 6.07) is 0. The third-order valence-electron chi connectivity index (χ3n) is 4.80. The summed E-state index contributed by atoms with van der Waals surface area (Å²) in [5, 5.41) is 7.91. The molecule has 0 unspecified atom stereocenters. The summed E-state index contributed by atoms with van der Waals surface area (Å²) >= 11 is 1.04. The van der Waals surface area contributed by atoms with Crippen LogP contribution >= 0.6 is 11.3 Å². The lowest BCUT2D eigenvalue weighted by atomic mass is 10.2. The number of guanidine groups is 1. The van der Waals surface area contributed by atoms with E-state index >= 15 is 0 Å². The third-order valence-corrected chi connectivity index (χ3v) is 5.71. The molecular weight excluding hydrogens is 389 g/mol. The van der Waals surface area contributed by atoms with E-state index in [2.05, 4.69) is 37.3 Å². The maximum atomic E-state index is 12.6. The molecule has 0 atom stereocenters. The van der Waals surface area contributed by atoms with Gasteiger partial charge in [0.25, 0.3) is 0 Å². The number of unbranched alkanes of at least 4 members (excludes halogenated alkanes) is 1. The Balaban J connectivity index is 1.55. The highest BCUT2D eigenvalue weighted by molar-refractivity contribution is 7.09. The van der Waals surface area contributed by atoms with E-state index in [1.807, 2.05) is 0 Å². The van der Waals surface area contributed by atoms with E-state index in [9.17, 15) is 13.2 Å². The first-order chi connectivity index (χ1) is 13.4. The Hall–Kier alpha value is -1.39. The zero-order valence-corrected chi connectivity index (χ0v) is 17.5. The monoisotopic (exact) mass is 420 g/mol. The van der Waals surface area contributed by atoms with Gasteiger partial charge >= 0.3 is 6.18 Å². The summed E-state index contributed by atoms with van der Waals surface area (Å²) in [5.74, 6) is 0.671. The second-order valence-corrected chi connectivity index (χ2v) is 7.73. The zero-order chi connectivity index (χ0) is 20.4. The predicted molar refractivity (Wildman–Crippen MR) is 108 cm³/mol. The number of alkyl halides is 3. The van der Waals surface area contributed by atoms with Crippen molar-refractivity contribution in [2.75, 3.05) is 59.4 Å². The maximum absolute atomic E-state index is 12.6. The van der Waals surface area contributed by atoms with E-state index in [-0.39, 0.29) is 0 Å². The minimum atomic E-state index is -4.37. The van der Waals surface area contributed by atoms with Gasteiger partial charge in [-0.3, -0.25) is 4.99 Å². The molecule has 1 aromatic heterocycles. The summed E-state index contributed by atoms with van der Waals surface area (Å²) in [5.41, 5.74) is -0.814. The van der Waals surface area contributed by atoms with Crippen LogP contribution in [-0.2, 0) is 12.6 Å². The minimum Gasteiger partial charge on any atom is -0.356 e. The van der Waals surface area contributed by atoms with Crippen LogP contribution in [0, 0.1) is 0 Å². The zero-order valence-electron chi connectivity index (χ0n) is 16.7. The molecule has 1 saturated heterocycles. The standard InChI is InChI=1S/C18H31F3N6S/c1-3-26-10-12-27(13-11-26)9-5-4-7-23-17(22-2)24-8-6-16-25-15(14-28-16)18(19,20)21/h14H,3-13H2,1-2H3,(H2,22,23,24). The number of halogens is 3. The largest absolute Gasteiger partial charge is 0.434 e. The van der Waals surface area contributed by atoms with Gasteiger partial charge in [0.15, 0.2) is 11.7 Å². The van der Waals surface area contributed by atoms with E-state index in [0.29, 0.717) is 23.9 Å². The van der Waals surface area contributed by atoms with Crippen LogP contribution in [-0.4, -0.2) is 80.1 Å². The number of likely N-dealkylation sites (N-methyl/N-ethyl adjacent to an activating group) is 1. The fraction of sp³-hybridized carbons (Fsp3) is 0.778. The lowest BCUT2D eigenvalue weighted by Crippen LogP contribution is -2.46. The van der Waals surface area contributed by atoms with E-state index in [0.717, 1.165) is 75.4 Å². The third kappa shape index (κ3) is 7.92. The van der Waals surface area contributed by atoms with Gasteiger partial charge in [0.2, 0.25) is 0 Å². The summed E-state index contributed by atoms with van der Waals surface area (Å²) < 4.78 is 37.7. The number of piperazine rings is 1. The van der Waals surface area contributed by atoms with Crippen LogP contribution < -0.4 is 10.6 Å². The first kappa shape index (κ1) is 22.9. The topological polar surface area (TPSA) is 55.8 Å². The normalized spacial score (nSPS) is 17.1. The molecule has 6 nitrogen and oxygen atoms in total. The molecule has 160 valence electrons. The maximum Gasteiger partial charge on any atom is 0.434 e. The predicted octanol–water partition coefficient (Wildman–Crippen LogP) is 2.29. The number of hydrogen-bond acceptors (Lipinski definition) is 5. The fourth-order valence-corrected chi connectivity index (χ4v) is 3.87. The van der Waals surface area contributed by atoms with Gasteiger partial charge in [-0.1, -0.05) is 6.92 Å². The molecule has 0 radical (unpaired) electrons. The Labute approximate surface area is 169 Å². The smallest absolute Gasteiger partial charge is 0.356 e. The van der Waals surface area contributed by atoms with Crippen LogP contribution in [0.25, 0.3) is 0 Å². The van der Waals surface area contributed by atoms with Crippen LogP contribution in [0.3, 0.4) is 0 Å². The summed E-state index contributed by atoms with van der Waals surface area (Å²) in [4.78, 5) is 12.8. The van der Waals surface area contributed by atoms with Crippen molar-refractivity contribution in [3.8, 4) is 0 Å². The number of thiazole rings is 1. The highest BCUT2D eigenvalue weighted by Crippen LogP contribution is 2.29. The molecule has 0 saturated carbocycles. The average Bonchev–Trinajstić information content (AvgIpc) is 3.16. The minimum absolute atomic E-state index is 0.436. The second kappa shape index (κ2) is 11.6. The molecule has 0 amide bonds. The van der Waals surface area contributed by atoms with E-state index < -0.39 is 11.9 Å². The molecule has 1 aliphatic heterocycles. The molecule has 0 aromatic carbocycles. The van der Waals surface area contributed by atoms with E-state index in [1.165, 1.54) is 0 Å².